The smallest absolute Gasteiger partial charge is 0.110 e. The van der Waals surface area contributed by atoms with Gasteiger partial charge in [-0.05, 0) is 92.1 Å². The molecule has 3 saturated carbocycles. The first kappa shape index (κ1) is 32.5. The van der Waals surface area contributed by atoms with Crippen LogP contribution < -0.4 is 0 Å². The zero-order valence-corrected chi connectivity index (χ0v) is 25.3. The third kappa shape index (κ3) is 7.86. The van der Waals surface area contributed by atoms with Crippen LogP contribution in [0.1, 0.15) is 118 Å². The fraction of sp³-hybridized carbons (Fsp3) is 0.824. The molecule has 3 aliphatic carbocycles. The fourth-order valence-corrected chi connectivity index (χ4v) is 8.02. The van der Waals surface area contributed by atoms with Gasteiger partial charge in [-0.1, -0.05) is 77.7 Å². The van der Waals surface area contributed by atoms with Crippen molar-refractivity contribution in [3.05, 3.63) is 35.5 Å². The van der Waals surface area contributed by atoms with Crippen LogP contribution in [0, 0.1) is 23.2 Å². The number of hydrogen-bond donors (Lipinski definition) is 4. The molecule has 3 aliphatic rings. The van der Waals surface area contributed by atoms with E-state index in [-0.39, 0.29) is 6.61 Å². The Labute approximate surface area is 238 Å². The van der Waals surface area contributed by atoms with Crippen LogP contribution in [0.5, 0.6) is 0 Å². The van der Waals surface area contributed by atoms with E-state index in [0.717, 1.165) is 49.5 Å². The van der Waals surface area contributed by atoms with Crippen molar-refractivity contribution in [3.8, 4) is 0 Å². The number of aliphatic hydroxyl groups excluding tert-OH is 3. The predicted octanol–water partition coefficient (Wildman–Crippen LogP) is 6.64. The van der Waals surface area contributed by atoms with Gasteiger partial charge in [-0.3, -0.25) is 0 Å². The second kappa shape index (κ2) is 14.8. The summed E-state index contributed by atoms with van der Waals surface area (Å²) in [6.45, 7) is 13.7. The number of fused-ring (bicyclic) bond motifs is 1. The molecule has 0 aliphatic heterocycles. The van der Waals surface area contributed by atoms with E-state index in [2.05, 4.69) is 46.4 Å². The molecular formula is C34H58O5. The summed E-state index contributed by atoms with van der Waals surface area (Å²) in [4.78, 5) is 0. The van der Waals surface area contributed by atoms with Crippen LogP contribution in [-0.4, -0.2) is 57.6 Å². The standard InChI is InChI=1S/C34H58O5/c1-6-34(38,7-2)20-10-8-9-13-24(3)28-17-18-29-26(14-11-19-33(28,29)5)15-16-27-23-30(39-22-12-21-35)32(37)31(36)25(27)4/h15-16,24,28-32,35-38H,4,6-14,17-23H2,1-3,5H3/b26-15+,27-16-/t24-,28+,29-,30+,31+,32+,33+/m0/s1. The summed E-state index contributed by atoms with van der Waals surface area (Å²) in [5, 5.41) is 40.7. The van der Waals surface area contributed by atoms with Crippen LogP contribution in [0.3, 0.4) is 0 Å². The number of ether oxygens (including phenoxy) is 1. The van der Waals surface area contributed by atoms with Gasteiger partial charge in [0, 0.05) is 19.6 Å². The number of rotatable bonds is 14. The summed E-state index contributed by atoms with van der Waals surface area (Å²) in [5.41, 5.74) is 2.97. The van der Waals surface area contributed by atoms with E-state index < -0.39 is 23.9 Å². The van der Waals surface area contributed by atoms with Gasteiger partial charge in [-0.2, -0.15) is 0 Å². The van der Waals surface area contributed by atoms with Crippen molar-refractivity contribution in [3.63, 3.8) is 0 Å². The Morgan fingerprint density at radius 1 is 1.10 bits per heavy atom. The van der Waals surface area contributed by atoms with Gasteiger partial charge in [-0.25, -0.2) is 0 Å². The summed E-state index contributed by atoms with van der Waals surface area (Å²) in [6.07, 6.45) is 16.7. The van der Waals surface area contributed by atoms with Crippen molar-refractivity contribution in [2.45, 2.75) is 141 Å². The van der Waals surface area contributed by atoms with E-state index in [1.165, 1.54) is 50.5 Å². The second-order valence-electron chi connectivity index (χ2n) is 13.2. The van der Waals surface area contributed by atoms with Gasteiger partial charge in [0.1, 0.15) is 12.2 Å². The Morgan fingerprint density at radius 3 is 2.54 bits per heavy atom. The first-order valence-corrected chi connectivity index (χ1v) is 16.0. The molecule has 0 aromatic carbocycles. The van der Waals surface area contributed by atoms with Crippen molar-refractivity contribution in [2.75, 3.05) is 13.2 Å². The van der Waals surface area contributed by atoms with Gasteiger partial charge in [-0.15, -0.1) is 0 Å². The highest BCUT2D eigenvalue weighted by Gasteiger charge is 2.50. The lowest BCUT2D eigenvalue weighted by Gasteiger charge is -2.44. The molecule has 0 amide bonds. The molecule has 0 bridgehead atoms. The first-order chi connectivity index (χ1) is 18.6. The quantitative estimate of drug-likeness (QED) is 0.183. The highest BCUT2D eigenvalue weighted by atomic mass is 16.5. The van der Waals surface area contributed by atoms with Crippen LogP contribution in [-0.2, 0) is 4.74 Å². The third-order valence-electron chi connectivity index (χ3n) is 10.9. The van der Waals surface area contributed by atoms with Crippen LogP contribution in [0.25, 0.3) is 0 Å². The molecule has 0 radical (unpaired) electrons. The highest BCUT2D eigenvalue weighted by Crippen LogP contribution is 2.60. The van der Waals surface area contributed by atoms with E-state index >= 15 is 0 Å². The number of hydrogen-bond acceptors (Lipinski definition) is 5. The molecule has 4 N–H and O–H groups in total. The molecule has 0 unspecified atom stereocenters. The Hall–Kier alpha value is -0.980. The molecule has 0 saturated heterocycles. The van der Waals surface area contributed by atoms with Gasteiger partial charge in [0.25, 0.3) is 0 Å². The lowest BCUT2D eigenvalue weighted by atomic mass is 9.60. The van der Waals surface area contributed by atoms with E-state index in [9.17, 15) is 15.3 Å². The molecule has 0 heterocycles. The number of unbranched alkanes of at least 4 members (excludes halogenated alkanes) is 2. The SMILES string of the molecule is C=C1/C(=C\C=C2/CCC[C@]3(C)[C@@H]([C@@H](C)CCCCCC(O)(CC)CC)CC[C@@H]23)C[C@@H](OCCCO)[C@@H](O)[C@@H]1O. The van der Waals surface area contributed by atoms with E-state index in [4.69, 9.17) is 9.84 Å². The van der Waals surface area contributed by atoms with Crippen molar-refractivity contribution in [1.82, 2.24) is 0 Å². The summed E-state index contributed by atoms with van der Waals surface area (Å²) in [6, 6.07) is 0. The minimum atomic E-state index is -1.02. The number of aliphatic hydroxyl groups is 4. The molecule has 3 fully saturated rings. The maximum Gasteiger partial charge on any atom is 0.110 e. The van der Waals surface area contributed by atoms with E-state index in [1.54, 1.807) is 0 Å². The monoisotopic (exact) mass is 546 g/mol. The molecule has 7 atom stereocenters. The van der Waals surface area contributed by atoms with Gasteiger partial charge in [0.15, 0.2) is 0 Å². The van der Waals surface area contributed by atoms with Gasteiger partial charge in [0.2, 0.25) is 0 Å². The summed E-state index contributed by atoms with van der Waals surface area (Å²) < 4.78 is 5.79. The highest BCUT2D eigenvalue weighted by molar-refractivity contribution is 5.40. The van der Waals surface area contributed by atoms with Crippen LogP contribution >= 0.6 is 0 Å². The third-order valence-corrected chi connectivity index (χ3v) is 10.9. The Balaban J connectivity index is 1.61. The fourth-order valence-electron chi connectivity index (χ4n) is 8.02. The molecule has 5 heteroatoms. The maximum atomic E-state index is 10.6. The zero-order chi connectivity index (χ0) is 28.6. The molecule has 224 valence electrons. The molecule has 0 aromatic rings. The second-order valence-corrected chi connectivity index (χ2v) is 13.2. The van der Waals surface area contributed by atoms with Gasteiger partial charge >= 0.3 is 0 Å². The molecule has 39 heavy (non-hydrogen) atoms. The van der Waals surface area contributed by atoms with Crippen LogP contribution in [0.2, 0.25) is 0 Å². The lowest BCUT2D eigenvalue weighted by Crippen LogP contribution is -2.44. The number of allylic oxidation sites excluding steroid dienone is 3. The van der Waals surface area contributed by atoms with Crippen LogP contribution in [0.15, 0.2) is 35.5 Å². The normalized spacial score (nSPS) is 34.6. The van der Waals surface area contributed by atoms with Crippen molar-refractivity contribution >= 4 is 0 Å². The summed E-state index contributed by atoms with van der Waals surface area (Å²) in [5.74, 6) is 2.09. The average molecular weight is 547 g/mol. The molecule has 5 nitrogen and oxygen atoms in total. The molecule has 0 aromatic heterocycles. The predicted molar refractivity (Wildman–Crippen MR) is 159 cm³/mol. The minimum absolute atomic E-state index is 0.0505. The van der Waals surface area contributed by atoms with Crippen LogP contribution in [0.4, 0.5) is 0 Å². The van der Waals surface area contributed by atoms with Gasteiger partial charge in [0.05, 0.1) is 11.7 Å². The first-order valence-electron chi connectivity index (χ1n) is 16.0. The van der Waals surface area contributed by atoms with E-state index in [0.29, 0.717) is 36.4 Å². The largest absolute Gasteiger partial charge is 0.396 e. The molecular weight excluding hydrogens is 488 g/mol. The topological polar surface area (TPSA) is 90.2 Å². The Kier molecular flexibility index (Phi) is 12.3. The Bertz CT molecular complexity index is 843. The van der Waals surface area contributed by atoms with E-state index in [1.807, 2.05) is 0 Å². The molecule has 3 rings (SSSR count). The average Bonchev–Trinajstić information content (AvgIpc) is 3.29. The summed E-state index contributed by atoms with van der Waals surface area (Å²) >= 11 is 0. The van der Waals surface area contributed by atoms with Crippen molar-refractivity contribution < 1.29 is 25.2 Å². The van der Waals surface area contributed by atoms with Crippen molar-refractivity contribution in [2.24, 2.45) is 23.2 Å². The maximum absolute atomic E-state index is 10.6. The lowest BCUT2D eigenvalue weighted by molar-refractivity contribution is -0.0883. The zero-order valence-electron chi connectivity index (χ0n) is 25.3. The van der Waals surface area contributed by atoms with Gasteiger partial charge < -0.3 is 25.2 Å². The minimum Gasteiger partial charge on any atom is -0.396 e. The van der Waals surface area contributed by atoms with Crippen molar-refractivity contribution in [1.29, 1.82) is 0 Å². The summed E-state index contributed by atoms with van der Waals surface area (Å²) in [7, 11) is 0. The molecule has 0 spiro atoms. The Morgan fingerprint density at radius 2 is 1.85 bits per heavy atom.